The van der Waals surface area contributed by atoms with E-state index >= 15 is 4.39 Å². The van der Waals surface area contributed by atoms with Crippen LogP contribution in [-0.2, 0) is 26.1 Å². The largest absolute Gasteiger partial charge is 0.478 e. The minimum Gasteiger partial charge on any atom is -0.478 e. The molecule has 0 atom stereocenters. The van der Waals surface area contributed by atoms with Crippen LogP contribution in [-0.4, -0.2) is 35.4 Å². The SMILES string of the molecule is CCn1nccc1Cn1c(Cc2ccc(-c3cccc(OCc4ccc(C)cc4F)n3)c(F)c2)nc2ccc(C(=O)O)cc21. The molecule has 0 saturated carbocycles. The third kappa shape index (κ3) is 5.92. The van der Waals surface area contributed by atoms with Gasteiger partial charge in [-0.3, -0.25) is 4.68 Å². The van der Waals surface area contributed by atoms with Crippen LogP contribution >= 0.6 is 0 Å². The van der Waals surface area contributed by atoms with Crippen LogP contribution in [0.5, 0.6) is 5.88 Å². The van der Waals surface area contributed by atoms with Gasteiger partial charge in [0.05, 0.1) is 34.5 Å². The highest BCUT2D eigenvalue weighted by atomic mass is 19.1. The molecule has 0 unspecified atom stereocenters. The highest BCUT2D eigenvalue weighted by Gasteiger charge is 2.17. The number of carboxylic acids is 1. The predicted molar refractivity (Wildman–Crippen MR) is 162 cm³/mol. The highest BCUT2D eigenvalue weighted by molar-refractivity contribution is 5.92. The van der Waals surface area contributed by atoms with Gasteiger partial charge >= 0.3 is 5.97 Å². The lowest BCUT2D eigenvalue weighted by Crippen LogP contribution is -2.11. The summed E-state index contributed by atoms with van der Waals surface area (Å²) in [5.74, 6) is -0.920. The Morgan fingerprint density at radius 3 is 2.59 bits per heavy atom. The van der Waals surface area contributed by atoms with E-state index in [2.05, 4.69) is 10.1 Å². The lowest BCUT2D eigenvalue weighted by atomic mass is 10.1. The second kappa shape index (κ2) is 12.1. The molecule has 0 aliphatic heterocycles. The monoisotopic (exact) mass is 593 g/mol. The topological polar surface area (TPSA) is 95.1 Å². The van der Waals surface area contributed by atoms with E-state index in [4.69, 9.17) is 9.72 Å². The number of halogens is 2. The molecule has 0 amide bonds. The van der Waals surface area contributed by atoms with Crippen LogP contribution in [0.2, 0.25) is 0 Å². The molecule has 0 aliphatic rings. The second-order valence-electron chi connectivity index (χ2n) is 10.5. The molecule has 3 heterocycles. The summed E-state index contributed by atoms with van der Waals surface area (Å²) in [6, 6.07) is 21.6. The zero-order valence-corrected chi connectivity index (χ0v) is 24.2. The number of rotatable bonds is 10. The molecule has 1 N–H and O–H groups in total. The number of hydrogen-bond donors (Lipinski definition) is 1. The molecule has 0 radical (unpaired) electrons. The van der Waals surface area contributed by atoms with Crippen molar-refractivity contribution in [2.24, 2.45) is 0 Å². The van der Waals surface area contributed by atoms with E-state index in [-0.39, 0.29) is 23.9 Å². The van der Waals surface area contributed by atoms with Crippen molar-refractivity contribution in [2.45, 2.75) is 40.0 Å². The van der Waals surface area contributed by atoms with Gasteiger partial charge in [-0.1, -0.05) is 24.3 Å². The average molecular weight is 594 g/mol. The first-order valence-corrected chi connectivity index (χ1v) is 14.2. The minimum absolute atomic E-state index is 0.00199. The first-order valence-electron chi connectivity index (χ1n) is 14.2. The summed E-state index contributed by atoms with van der Waals surface area (Å²) in [4.78, 5) is 20.9. The Balaban J connectivity index is 1.27. The maximum absolute atomic E-state index is 15.5. The van der Waals surface area contributed by atoms with Crippen LogP contribution in [0.25, 0.3) is 22.3 Å². The van der Waals surface area contributed by atoms with Crippen molar-refractivity contribution in [1.29, 1.82) is 0 Å². The van der Waals surface area contributed by atoms with Crippen molar-refractivity contribution in [1.82, 2.24) is 24.3 Å². The molecule has 8 nitrogen and oxygen atoms in total. The zero-order valence-electron chi connectivity index (χ0n) is 24.2. The molecule has 6 aromatic rings. The summed E-state index contributed by atoms with van der Waals surface area (Å²) >= 11 is 0. The number of nitrogens with zero attached hydrogens (tertiary/aromatic N) is 5. The van der Waals surface area contributed by atoms with Crippen LogP contribution in [0.15, 0.2) is 85.1 Å². The zero-order chi connectivity index (χ0) is 30.8. The van der Waals surface area contributed by atoms with Crippen LogP contribution in [0.4, 0.5) is 8.78 Å². The Kier molecular flexibility index (Phi) is 7.89. The van der Waals surface area contributed by atoms with E-state index in [1.54, 1.807) is 48.7 Å². The summed E-state index contributed by atoms with van der Waals surface area (Å²) in [7, 11) is 0. The van der Waals surface area contributed by atoms with E-state index < -0.39 is 11.8 Å². The van der Waals surface area contributed by atoms with Crippen LogP contribution in [0.3, 0.4) is 0 Å². The van der Waals surface area contributed by atoms with E-state index in [1.165, 1.54) is 18.2 Å². The number of carbonyl (C=O) groups is 1. The van der Waals surface area contributed by atoms with Crippen molar-refractivity contribution < 1.29 is 23.4 Å². The van der Waals surface area contributed by atoms with E-state index in [0.717, 1.165) is 11.3 Å². The summed E-state index contributed by atoms with van der Waals surface area (Å²) in [6.07, 6.45) is 2.04. The third-order valence-electron chi connectivity index (χ3n) is 7.48. The normalized spacial score (nSPS) is 11.3. The lowest BCUT2D eigenvalue weighted by Gasteiger charge is -2.12. The van der Waals surface area contributed by atoms with Crippen molar-refractivity contribution in [3.63, 3.8) is 0 Å². The number of ether oxygens (including phenoxy) is 1. The van der Waals surface area contributed by atoms with E-state index in [0.29, 0.717) is 58.8 Å². The number of pyridine rings is 1. The van der Waals surface area contributed by atoms with Gasteiger partial charge in [0.1, 0.15) is 24.1 Å². The van der Waals surface area contributed by atoms with Crippen LogP contribution in [0, 0.1) is 18.6 Å². The maximum Gasteiger partial charge on any atom is 0.335 e. The van der Waals surface area contributed by atoms with Gasteiger partial charge in [-0.05, 0) is 73.5 Å². The van der Waals surface area contributed by atoms with Gasteiger partial charge in [0.2, 0.25) is 5.88 Å². The third-order valence-corrected chi connectivity index (χ3v) is 7.48. The molecule has 0 spiro atoms. The maximum atomic E-state index is 15.5. The first-order chi connectivity index (χ1) is 21.3. The fourth-order valence-electron chi connectivity index (χ4n) is 5.18. The minimum atomic E-state index is -1.03. The van der Waals surface area contributed by atoms with Crippen molar-refractivity contribution in [3.8, 4) is 17.1 Å². The van der Waals surface area contributed by atoms with Gasteiger partial charge in [0, 0.05) is 36.4 Å². The Bertz CT molecular complexity index is 2000. The van der Waals surface area contributed by atoms with E-state index in [9.17, 15) is 14.3 Å². The number of aryl methyl sites for hydroxylation is 2. The van der Waals surface area contributed by atoms with Crippen molar-refractivity contribution >= 4 is 17.0 Å². The number of imidazole rings is 1. The Morgan fingerprint density at radius 2 is 1.82 bits per heavy atom. The molecule has 0 saturated heterocycles. The number of aromatic carboxylic acids is 1. The summed E-state index contributed by atoms with van der Waals surface area (Å²) in [5.41, 5.74) is 5.02. The molecule has 6 rings (SSSR count). The molecule has 0 bridgehead atoms. The number of hydrogen-bond acceptors (Lipinski definition) is 5. The van der Waals surface area contributed by atoms with Crippen molar-refractivity contribution in [3.05, 3.63) is 130 Å². The molecule has 0 fully saturated rings. The fraction of sp³-hybridized carbons (Fsp3) is 0.176. The quantitative estimate of drug-likeness (QED) is 0.187. The molecule has 3 aromatic heterocycles. The first kappa shape index (κ1) is 28.7. The van der Waals surface area contributed by atoms with Gasteiger partial charge in [-0.25, -0.2) is 23.5 Å². The molecule has 44 heavy (non-hydrogen) atoms. The standard InChI is InChI=1S/C34H29F2N5O3/c1-3-41-25(13-14-37-41)19-40-31-18-23(34(42)43)10-12-30(31)38-32(40)17-22-8-11-26(28(36)16-22)29-5-4-6-33(39-29)44-20-24-9-7-21(2)15-27(24)35/h4-16,18H,3,17,19-20H2,1-2H3,(H,42,43). The number of carboxylic acid groups (broad SMARTS) is 1. The Hall–Kier alpha value is -5.38. The van der Waals surface area contributed by atoms with Crippen LogP contribution < -0.4 is 4.74 Å². The van der Waals surface area contributed by atoms with Crippen LogP contribution in [0.1, 0.15) is 45.5 Å². The molecule has 3 aromatic carbocycles. The smallest absolute Gasteiger partial charge is 0.335 e. The van der Waals surface area contributed by atoms with Gasteiger partial charge in [0.25, 0.3) is 0 Å². The molecule has 222 valence electrons. The molecular weight excluding hydrogens is 564 g/mol. The van der Waals surface area contributed by atoms with Gasteiger partial charge < -0.3 is 14.4 Å². The summed E-state index contributed by atoms with van der Waals surface area (Å²) < 4.78 is 39.3. The van der Waals surface area contributed by atoms with Crippen molar-refractivity contribution in [2.75, 3.05) is 0 Å². The molecule has 0 aliphatic carbocycles. The lowest BCUT2D eigenvalue weighted by molar-refractivity contribution is 0.0697. The van der Waals surface area contributed by atoms with Gasteiger partial charge in [0.15, 0.2) is 0 Å². The number of aromatic nitrogens is 5. The number of benzene rings is 3. The average Bonchev–Trinajstić information content (AvgIpc) is 3.60. The predicted octanol–water partition coefficient (Wildman–Crippen LogP) is 6.82. The number of fused-ring (bicyclic) bond motifs is 1. The molecular formula is C34H29F2N5O3. The second-order valence-corrected chi connectivity index (χ2v) is 10.5. The molecule has 10 heteroatoms. The summed E-state index contributed by atoms with van der Waals surface area (Å²) in [5, 5.41) is 13.9. The summed E-state index contributed by atoms with van der Waals surface area (Å²) in [6.45, 7) is 4.91. The van der Waals surface area contributed by atoms with Gasteiger partial charge in [-0.15, -0.1) is 0 Å². The highest BCUT2D eigenvalue weighted by Crippen LogP contribution is 2.27. The fourth-order valence-corrected chi connectivity index (χ4v) is 5.18. The Morgan fingerprint density at radius 1 is 0.955 bits per heavy atom. The van der Waals surface area contributed by atoms with E-state index in [1.807, 2.05) is 41.3 Å². The van der Waals surface area contributed by atoms with Gasteiger partial charge in [-0.2, -0.15) is 5.10 Å². The Labute approximate surface area is 252 Å².